The van der Waals surface area contributed by atoms with Crippen LogP contribution < -0.4 is 10.2 Å². The van der Waals surface area contributed by atoms with Crippen molar-refractivity contribution in [3.63, 3.8) is 0 Å². The number of aromatic nitrogens is 2. The predicted octanol–water partition coefficient (Wildman–Crippen LogP) is 1.44. The molecule has 1 aromatic carbocycles. The molecule has 0 radical (unpaired) electrons. The summed E-state index contributed by atoms with van der Waals surface area (Å²) in [7, 11) is 1.85. The van der Waals surface area contributed by atoms with Crippen LogP contribution in [0.5, 0.6) is 0 Å². The predicted molar refractivity (Wildman–Crippen MR) is 84.7 cm³/mol. The summed E-state index contributed by atoms with van der Waals surface area (Å²) in [5.41, 5.74) is 2.58. The number of amides is 1. The average molecular weight is 300 g/mol. The van der Waals surface area contributed by atoms with Crippen molar-refractivity contribution in [1.82, 2.24) is 9.78 Å². The van der Waals surface area contributed by atoms with Crippen molar-refractivity contribution < 1.29 is 9.90 Å². The first-order valence-corrected chi connectivity index (χ1v) is 7.37. The van der Waals surface area contributed by atoms with Crippen LogP contribution in [0.3, 0.4) is 0 Å². The molecule has 6 nitrogen and oxygen atoms in total. The second kappa shape index (κ2) is 5.81. The molecule has 2 aromatic rings. The van der Waals surface area contributed by atoms with E-state index in [1.165, 1.54) is 0 Å². The number of anilines is 2. The van der Waals surface area contributed by atoms with Gasteiger partial charge in [0.25, 0.3) is 5.91 Å². The van der Waals surface area contributed by atoms with Crippen LogP contribution in [0.2, 0.25) is 0 Å². The van der Waals surface area contributed by atoms with Crippen LogP contribution in [0.1, 0.15) is 17.7 Å². The summed E-state index contributed by atoms with van der Waals surface area (Å²) in [4.78, 5) is 14.4. The Kier molecular flexibility index (Phi) is 3.85. The number of rotatable bonds is 4. The van der Waals surface area contributed by atoms with Crippen LogP contribution in [0.15, 0.2) is 30.3 Å². The smallest absolute Gasteiger partial charge is 0.250 e. The molecule has 1 aromatic heterocycles. The largest absolute Gasteiger partial charge is 0.392 e. The molecule has 1 unspecified atom stereocenters. The first-order valence-electron chi connectivity index (χ1n) is 7.37. The van der Waals surface area contributed by atoms with Gasteiger partial charge < -0.3 is 10.4 Å². The highest BCUT2D eigenvalue weighted by molar-refractivity contribution is 6.00. The van der Waals surface area contributed by atoms with Gasteiger partial charge in [-0.1, -0.05) is 12.1 Å². The second-order valence-electron chi connectivity index (χ2n) is 5.60. The summed E-state index contributed by atoms with van der Waals surface area (Å²) in [5, 5.41) is 16.7. The summed E-state index contributed by atoms with van der Waals surface area (Å²) in [6.07, 6.45) is 0.742. The molecule has 116 valence electrons. The number of nitrogens with one attached hydrogen (secondary N) is 1. The number of nitrogens with zero attached hydrogens (tertiary/aromatic N) is 3. The van der Waals surface area contributed by atoms with E-state index in [1.807, 2.05) is 44.3 Å². The van der Waals surface area contributed by atoms with Crippen LogP contribution in [0, 0.1) is 6.92 Å². The number of aliphatic hydroxyl groups excluding tert-OH is 1. The third-order valence-electron chi connectivity index (χ3n) is 3.91. The monoisotopic (exact) mass is 300 g/mol. The molecule has 0 bridgehead atoms. The van der Waals surface area contributed by atoms with E-state index in [4.69, 9.17) is 0 Å². The number of carbonyl (C=O) groups is 1. The zero-order chi connectivity index (χ0) is 15.7. The summed E-state index contributed by atoms with van der Waals surface area (Å²) in [5.74, 6) is 0.883. The van der Waals surface area contributed by atoms with E-state index in [9.17, 15) is 9.90 Å². The number of benzene rings is 1. The number of hydrogen-bond donors (Lipinski definition) is 2. The standard InChI is InChI=1S/C16H20N4O2/c1-11-8-15(19(2)18-11)20-7-6-14(16(20)22)17-13-5-3-4-12(9-13)10-21/h3-5,8-9,14,17,21H,6-7,10H2,1-2H3. The summed E-state index contributed by atoms with van der Waals surface area (Å²) >= 11 is 0. The van der Waals surface area contributed by atoms with Crippen LogP contribution >= 0.6 is 0 Å². The van der Waals surface area contributed by atoms with Gasteiger partial charge >= 0.3 is 0 Å². The zero-order valence-electron chi connectivity index (χ0n) is 12.8. The van der Waals surface area contributed by atoms with Gasteiger partial charge in [0, 0.05) is 25.3 Å². The lowest BCUT2D eigenvalue weighted by atomic mass is 10.2. The van der Waals surface area contributed by atoms with Gasteiger partial charge in [-0.05, 0) is 31.0 Å². The lowest BCUT2D eigenvalue weighted by Crippen LogP contribution is -2.34. The Hall–Kier alpha value is -2.34. The Morgan fingerprint density at radius 1 is 1.41 bits per heavy atom. The van der Waals surface area contributed by atoms with E-state index < -0.39 is 0 Å². The number of aryl methyl sites for hydroxylation is 2. The van der Waals surface area contributed by atoms with Gasteiger partial charge in [-0.25, -0.2) is 0 Å². The van der Waals surface area contributed by atoms with Crippen molar-refractivity contribution in [2.24, 2.45) is 7.05 Å². The molecule has 1 aliphatic heterocycles. The van der Waals surface area contributed by atoms with Gasteiger partial charge in [0.05, 0.1) is 12.3 Å². The van der Waals surface area contributed by atoms with Crippen LogP contribution in [0.4, 0.5) is 11.5 Å². The highest BCUT2D eigenvalue weighted by Gasteiger charge is 2.34. The Labute approximate surface area is 129 Å². The van der Waals surface area contributed by atoms with Crippen molar-refractivity contribution in [3.05, 3.63) is 41.6 Å². The Morgan fingerprint density at radius 3 is 2.91 bits per heavy atom. The Morgan fingerprint density at radius 2 is 2.23 bits per heavy atom. The molecule has 0 aliphatic carbocycles. The molecule has 6 heteroatoms. The minimum absolute atomic E-state index is 0.00540. The number of hydrogen-bond acceptors (Lipinski definition) is 4. The lowest BCUT2D eigenvalue weighted by molar-refractivity contribution is -0.117. The molecule has 2 heterocycles. The van der Waals surface area contributed by atoms with Gasteiger partial charge in [-0.2, -0.15) is 5.10 Å². The van der Waals surface area contributed by atoms with Crippen molar-refractivity contribution in [2.45, 2.75) is 26.0 Å². The van der Waals surface area contributed by atoms with Gasteiger partial charge in [0.1, 0.15) is 11.9 Å². The maximum atomic E-state index is 12.6. The molecule has 22 heavy (non-hydrogen) atoms. The van der Waals surface area contributed by atoms with Crippen molar-refractivity contribution in [3.8, 4) is 0 Å². The molecule has 1 saturated heterocycles. The molecule has 1 amide bonds. The Bertz CT molecular complexity index is 695. The number of carbonyl (C=O) groups excluding carboxylic acids is 1. The van der Waals surface area contributed by atoms with Gasteiger partial charge in [0.15, 0.2) is 0 Å². The van der Waals surface area contributed by atoms with Gasteiger partial charge in [-0.15, -0.1) is 0 Å². The first-order chi connectivity index (χ1) is 10.6. The first kappa shape index (κ1) is 14.6. The molecule has 2 N–H and O–H groups in total. The Balaban J connectivity index is 1.75. The number of aliphatic hydroxyl groups is 1. The molecule has 1 atom stereocenters. The van der Waals surface area contributed by atoms with E-state index in [1.54, 1.807) is 9.58 Å². The summed E-state index contributed by atoms with van der Waals surface area (Å²) < 4.78 is 1.74. The molecule has 1 aliphatic rings. The molecule has 1 fully saturated rings. The van der Waals surface area contributed by atoms with Crippen molar-refractivity contribution in [2.75, 3.05) is 16.8 Å². The highest BCUT2D eigenvalue weighted by atomic mass is 16.3. The van der Waals surface area contributed by atoms with Gasteiger partial charge in [-0.3, -0.25) is 14.4 Å². The quantitative estimate of drug-likeness (QED) is 0.896. The lowest BCUT2D eigenvalue weighted by Gasteiger charge is -2.17. The van der Waals surface area contributed by atoms with E-state index >= 15 is 0 Å². The molecular weight excluding hydrogens is 280 g/mol. The van der Waals surface area contributed by atoms with Crippen LogP contribution in [-0.2, 0) is 18.4 Å². The average Bonchev–Trinajstić information content (AvgIpc) is 3.02. The minimum atomic E-state index is -0.246. The molecular formula is C16H20N4O2. The van der Waals surface area contributed by atoms with Crippen molar-refractivity contribution in [1.29, 1.82) is 0 Å². The maximum absolute atomic E-state index is 12.6. The SMILES string of the molecule is Cc1cc(N2CCC(Nc3cccc(CO)c3)C2=O)n(C)n1. The third-order valence-corrected chi connectivity index (χ3v) is 3.91. The van der Waals surface area contributed by atoms with Gasteiger partial charge in [0.2, 0.25) is 0 Å². The fourth-order valence-electron chi connectivity index (χ4n) is 2.85. The normalized spacial score (nSPS) is 18.0. The van der Waals surface area contributed by atoms with Crippen LogP contribution in [-0.4, -0.2) is 33.4 Å². The van der Waals surface area contributed by atoms with E-state index in [0.717, 1.165) is 29.2 Å². The topological polar surface area (TPSA) is 70.4 Å². The highest BCUT2D eigenvalue weighted by Crippen LogP contribution is 2.24. The summed E-state index contributed by atoms with van der Waals surface area (Å²) in [6.45, 7) is 2.59. The summed E-state index contributed by atoms with van der Waals surface area (Å²) in [6, 6.07) is 9.17. The fraction of sp³-hybridized carbons (Fsp3) is 0.375. The van der Waals surface area contributed by atoms with Crippen molar-refractivity contribution >= 4 is 17.4 Å². The third kappa shape index (κ3) is 2.69. The molecule has 0 saturated carbocycles. The van der Waals surface area contributed by atoms with E-state index in [-0.39, 0.29) is 18.6 Å². The maximum Gasteiger partial charge on any atom is 0.250 e. The molecule has 0 spiro atoms. The van der Waals surface area contributed by atoms with E-state index in [0.29, 0.717) is 6.54 Å². The second-order valence-corrected chi connectivity index (χ2v) is 5.60. The zero-order valence-corrected chi connectivity index (χ0v) is 12.8. The van der Waals surface area contributed by atoms with Crippen LogP contribution in [0.25, 0.3) is 0 Å². The molecule has 3 rings (SSSR count). The fourth-order valence-corrected chi connectivity index (χ4v) is 2.85. The minimum Gasteiger partial charge on any atom is -0.392 e. The van der Waals surface area contributed by atoms with E-state index in [2.05, 4.69) is 10.4 Å².